The van der Waals surface area contributed by atoms with Crippen LogP contribution in [-0.2, 0) is 30.0 Å². The van der Waals surface area contributed by atoms with Crippen LogP contribution in [0.1, 0.15) is 139 Å². The van der Waals surface area contributed by atoms with Gasteiger partial charge in [0, 0.05) is 5.57 Å². The fourth-order valence-corrected chi connectivity index (χ4v) is 11.8. The highest BCUT2D eigenvalue weighted by molar-refractivity contribution is 5.90. The average Bonchev–Trinajstić information content (AvgIpc) is 3.34. The third-order valence-electron chi connectivity index (χ3n) is 14.9. The van der Waals surface area contributed by atoms with Crippen LogP contribution in [0.5, 0.6) is 0 Å². The van der Waals surface area contributed by atoms with Gasteiger partial charge in [-0.15, -0.1) is 0 Å². The van der Waals surface area contributed by atoms with Crippen molar-refractivity contribution in [2.45, 2.75) is 146 Å². The van der Waals surface area contributed by atoms with Crippen LogP contribution < -0.4 is 0 Å². The molecule has 6 nitrogen and oxygen atoms in total. The van der Waals surface area contributed by atoms with Crippen LogP contribution in [0.25, 0.3) is 5.57 Å². The van der Waals surface area contributed by atoms with Gasteiger partial charge in [-0.1, -0.05) is 58.9 Å². The molecule has 4 aliphatic carbocycles. The summed E-state index contributed by atoms with van der Waals surface area (Å²) in [4.78, 5) is 27.1. The Balaban J connectivity index is 1.60. The zero-order valence-electron chi connectivity index (χ0n) is 35.0. The van der Waals surface area contributed by atoms with Gasteiger partial charge in [0.05, 0.1) is 22.8 Å². The number of ether oxygens (including phenoxy) is 3. The first-order valence-electron chi connectivity index (χ1n) is 20.3. The van der Waals surface area contributed by atoms with Crippen molar-refractivity contribution in [1.29, 1.82) is 0 Å². The largest absolute Gasteiger partial charge is 0.491 e. The number of carbonyl (C=O) groups excluding carboxylic acids is 2. The molecule has 1 N–H and O–H groups in total. The number of hydrogen-bond donors (Lipinski definition) is 1. The lowest BCUT2D eigenvalue weighted by Gasteiger charge is -2.69. The monoisotopic (exact) mass is 770 g/mol. The SMILES string of the molecule is C=C(C)OC1C[C@@]2(C)[C@@H](C[C@@H](O)[C@H]3[C@@]4(C)CC[C@@H](C)[C@H](C)[C@@H]4CC[C@@]32C)/C1=C(\CCC(=C(C)C)c1ccc(C(F)(F)F)cc1)C(=O)OCOC(=O)C(C)(C)C. The molecule has 0 radical (unpaired) electrons. The molecule has 4 aliphatic rings. The fourth-order valence-electron chi connectivity index (χ4n) is 11.8. The zero-order chi connectivity index (χ0) is 41.1. The highest BCUT2D eigenvalue weighted by Crippen LogP contribution is 2.74. The molecular weight excluding hydrogens is 705 g/mol. The maximum absolute atomic E-state index is 14.4. The third kappa shape index (κ3) is 7.94. The minimum absolute atomic E-state index is 0.0256. The van der Waals surface area contributed by atoms with Crippen molar-refractivity contribution in [1.82, 2.24) is 0 Å². The number of esters is 2. The number of fused-ring (bicyclic) bond motifs is 5. The summed E-state index contributed by atoms with van der Waals surface area (Å²) in [5.74, 6) is 0.969. The van der Waals surface area contributed by atoms with E-state index in [1.54, 1.807) is 27.7 Å². The van der Waals surface area contributed by atoms with E-state index in [0.717, 1.165) is 54.5 Å². The maximum atomic E-state index is 14.4. The Morgan fingerprint density at radius 2 is 1.56 bits per heavy atom. The normalized spacial score (nSPS) is 35.4. The van der Waals surface area contributed by atoms with Gasteiger partial charge in [0.25, 0.3) is 0 Å². The van der Waals surface area contributed by atoms with E-state index in [-0.39, 0.29) is 34.5 Å². The van der Waals surface area contributed by atoms with Crippen LogP contribution in [0.4, 0.5) is 13.2 Å². The number of aliphatic hydroxyl groups excluding tert-OH is 1. The average molecular weight is 771 g/mol. The molecule has 1 unspecified atom stereocenters. The van der Waals surface area contributed by atoms with Crippen molar-refractivity contribution < 1.29 is 42.1 Å². The highest BCUT2D eigenvalue weighted by Gasteiger charge is 2.70. The van der Waals surface area contributed by atoms with E-state index in [9.17, 15) is 27.9 Å². The molecule has 306 valence electrons. The minimum Gasteiger partial charge on any atom is -0.491 e. The minimum atomic E-state index is -4.46. The molecule has 9 heteroatoms. The van der Waals surface area contributed by atoms with Gasteiger partial charge in [0.2, 0.25) is 6.79 Å². The van der Waals surface area contributed by atoms with Crippen LogP contribution in [0.2, 0.25) is 0 Å². The number of halogens is 3. The smallest absolute Gasteiger partial charge is 0.416 e. The molecular formula is C46H65F3O6. The maximum Gasteiger partial charge on any atom is 0.416 e. The van der Waals surface area contributed by atoms with Gasteiger partial charge in [-0.2, -0.15) is 13.2 Å². The Hall–Kier alpha value is -3.07. The van der Waals surface area contributed by atoms with Crippen molar-refractivity contribution in [2.75, 3.05) is 6.79 Å². The molecule has 55 heavy (non-hydrogen) atoms. The van der Waals surface area contributed by atoms with Gasteiger partial charge in [0.15, 0.2) is 0 Å². The van der Waals surface area contributed by atoms with Crippen LogP contribution in [0, 0.1) is 51.2 Å². The lowest BCUT2D eigenvalue weighted by molar-refractivity contribution is -0.229. The van der Waals surface area contributed by atoms with Crippen LogP contribution in [0.3, 0.4) is 0 Å². The second kappa shape index (κ2) is 15.4. The van der Waals surface area contributed by atoms with Crippen molar-refractivity contribution in [3.05, 3.63) is 64.4 Å². The quantitative estimate of drug-likeness (QED) is 0.117. The molecule has 4 saturated carbocycles. The lowest BCUT2D eigenvalue weighted by atomic mass is 9.36. The Morgan fingerprint density at radius 3 is 2.13 bits per heavy atom. The predicted molar refractivity (Wildman–Crippen MR) is 209 cm³/mol. The number of benzene rings is 1. The van der Waals surface area contributed by atoms with Gasteiger partial charge < -0.3 is 19.3 Å². The molecule has 0 saturated heterocycles. The lowest BCUT2D eigenvalue weighted by Crippen LogP contribution is -2.65. The van der Waals surface area contributed by atoms with Crippen molar-refractivity contribution >= 4 is 17.5 Å². The summed E-state index contributed by atoms with van der Waals surface area (Å²) in [6, 6.07) is 5.12. The number of rotatable bonds is 9. The number of allylic oxidation sites excluding steroid dienone is 3. The highest BCUT2D eigenvalue weighted by atomic mass is 19.4. The third-order valence-corrected chi connectivity index (χ3v) is 14.9. The molecule has 0 amide bonds. The second-order valence-corrected chi connectivity index (χ2v) is 19.4. The van der Waals surface area contributed by atoms with E-state index in [2.05, 4.69) is 41.2 Å². The topological polar surface area (TPSA) is 82.1 Å². The van der Waals surface area contributed by atoms with E-state index >= 15 is 0 Å². The molecule has 0 aromatic heterocycles. The first-order valence-corrected chi connectivity index (χ1v) is 20.3. The Bertz CT molecular complexity index is 1700. The molecule has 5 rings (SSSR count). The first-order chi connectivity index (χ1) is 25.4. The summed E-state index contributed by atoms with van der Waals surface area (Å²) in [6.45, 7) is 26.2. The van der Waals surface area contributed by atoms with E-state index in [1.165, 1.54) is 12.1 Å². The molecule has 4 fully saturated rings. The van der Waals surface area contributed by atoms with Gasteiger partial charge in [-0.25, -0.2) is 4.79 Å². The zero-order valence-corrected chi connectivity index (χ0v) is 35.0. The van der Waals surface area contributed by atoms with Crippen LogP contribution in [0.15, 0.2) is 53.3 Å². The molecule has 1 aromatic carbocycles. The summed E-state index contributed by atoms with van der Waals surface area (Å²) >= 11 is 0. The van der Waals surface area contributed by atoms with Crippen LogP contribution in [-0.4, -0.2) is 36.0 Å². The van der Waals surface area contributed by atoms with Crippen molar-refractivity contribution in [3.63, 3.8) is 0 Å². The van der Waals surface area contributed by atoms with E-state index in [0.29, 0.717) is 53.9 Å². The summed E-state index contributed by atoms with van der Waals surface area (Å²) in [5.41, 5.74) is 1.39. The van der Waals surface area contributed by atoms with Crippen molar-refractivity contribution in [2.24, 2.45) is 51.2 Å². The molecule has 0 bridgehead atoms. The number of aliphatic hydroxyl groups is 1. The van der Waals surface area contributed by atoms with E-state index in [4.69, 9.17) is 14.2 Å². The summed E-state index contributed by atoms with van der Waals surface area (Å²) in [5, 5.41) is 12.4. The van der Waals surface area contributed by atoms with Gasteiger partial charge in [0.1, 0.15) is 6.10 Å². The molecule has 0 aliphatic heterocycles. The molecule has 1 aromatic rings. The molecule has 0 spiro atoms. The summed E-state index contributed by atoms with van der Waals surface area (Å²) in [7, 11) is 0. The number of carbonyl (C=O) groups is 2. The molecule has 0 heterocycles. The predicted octanol–water partition coefficient (Wildman–Crippen LogP) is 11.5. The van der Waals surface area contributed by atoms with Crippen LogP contribution >= 0.6 is 0 Å². The number of hydrogen-bond acceptors (Lipinski definition) is 6. The van der Waals surface area contributed by atoms with E-state index in [1.807, 2.05) is 13.8 Å². The first kappa shape index (κ1) is 43.1. The standard InChI is InChI=1S/C46H65F3O6/c1-26(2)32(30-13-15-31(16-14-30)46(47,48)49)17-18-33(40(51)53-25-54-41(52)42(7,8)9)38-35-23-36(50)39-43(10)21-19-28(5)29(6)34(43)20-22-44(39,11)45(35,12)24-37(38)55-27(3)4/h13-16,28-29,34-37,39,50H,3,17-25H2,1-2,4-12H3/b38-33-/t28-,29+,34+,35+,36-,37?,39+,43+,44+,45+/m1/s1. The Kier molecular flexibility index (Phi) is 12.0. The molecule has 10 atom stereocenters. The Morgan fingerprint density at radius 1 is 0.927 bits per heavy atom. The van der Waals surface area contributed by atoms with E-state index < -0.39 is 48.1 Å². The second-order valence-electron chi connectivity index (χ2n) is 19.4. The number of alkyl halides is 3. The fraction of sp³-hybridized carbons (Fsp3) is 0.696. The summed E-state index contributed by atoms with van der Waals surface area (Å²) < 4.78 is 58.1. The Labute approximate surface area is 327 Å². The van der Waals surface area contributed by atoms with Crippen molar-refractivity contribution in [3.8, 4) is 0 Å². The van der Waals surface area contributed by atoms with Gasteiger partial charge in [-0.05, 0) is 168 Å². The van der Waals surface area contributed by atoms with Gasteiger partial charge >= 0.3 is 18.1 Å². The summed E-state index contributed by atoms with van der Waals surface area (Å²) in [6.07, 6.45) is 0.353. The van der Waals surface area contributed by atoms with Gasteiger partial charge in [-0.3, -0.25) is 4.79 Å².